The highest BCUT2D eigenvalue weighted by Gasteiger charge is 2.18. The summed E-state index contributed by atoms with van der Waals surface area (Å²) in [6.45, 7) is 6.21. The molecule has 0 heterocycles. The summed E-state index contributed by atoms with van der Waals surface area (Å²) >= 11 is 0. The van der Waals surface area contributed by atoms with Crippen LogP contribution in [0, 0.1) is 0 Å². The van der Waals surface area contributed by atoms with Crippen LogP contribution in [0.4, 0.5) is 4.79 Å². The van der Waals surface area contributed by atoms with E-state index in [9.17, 15) is 9.59 Å². The van der Waals surface area contributed by atoms with Crippen LogP contribution in [-0.4, -0.2) is 36.5 Å². The molecular formula is C16H23NO3. The van der Waals surface area contributed by atoms with Crippen molar-refractivity contribution in [1.29, 1.82) is 0 Å². The fourth-order valence-corrected chi connectivity index (χ4v) is 1.71. The number of ether oxygens (including phenoxy) is 1. The van der Waals surface area contributed by atoms with Crippen LogP contribution in [0.25, 0.3) is 0 Å². The molecular weight excluding hydrogens is 254 g/mol. The summed E-state index contributed by atoms with van der Waals surface area (Å²) in [5.74, 6) is 0. The van der Waals surface area contributed by atoms with E-state index in [1.165, 1.54) is 0 Å². The highest BCUT2D eigenvalue weighted by molar-refractivity contribution is 5.74. The number of aryl methyl sites for hydroxylation is 1. The molecule has 1 amide bonds. The Hall–Kier alpha value is -1.84. The van der Waals surface area contributed by atoms with Crippen molar-refractivity contribution in [2.75, 3.05) is 13.6 Å². The Balaban J connectivity index is 2.35. The normalized spacial score (nSPS) is 11.0. The molecule has 1 rings (SSSR count). The number of amides is 1. The minimum Gasteiger partial charge on any atom is -0.444 e. The van der Waals surface area contributed by atoms with Gasteiger partial charge in [-0.1, -0.05) is 24.3 Å². The number of hydrogen-bond acceptors (Lipinski definition) is 3. The van der Waals surface area contributed by atoms with Crippen LogP contribution in [-0.2, 0) is 11.2 Å². The van der Waals surface area contributed by atoms with Crippen molar-refractivity contribution in [2.24, 2.45) is 0 Å². The Kier molecular flexibility index (Phi) is 5.74. The quantitative estimate of drug-likeness (QED) is 0.776. The number of carbonyl (C=O) groups is 2. The maximum absolute atomic E-state index is 11.7. The smallest absolute Gasteiger partial charge is 0.410 e. The molecule has 1 aromatic rings. The van der Waals surface area contributed by atoms with Gasteiger partial charge in [0.25, 0.3) is 0 Å². The molecule has 4 nitrogen and oxygen atoms in total. The minimum absolute atomic E-state index is 0.297. The van der Waals surface area contributed by atoms with Gasteiger partial charge in [0.15, 0.2) is 0 Å². The number of rotatable bonds is 5. The van der Waals surface area contributed by atoms with Crippen LogP contribution in [0.1, 0.15) is 43.1 Å². The van der Waals surface area contributed by atoms with Gasteiger partial charge in [-0.05, 0) is 39.2 Å². The van der Waals surface area contributed by atoms with E-state index in [0.717, 1.165) is 24.7 Å². The van der Waals surface area contributed by atoms with E-state index >= 15 is 0 Å². The molecule has 0 saturated heterocycles. The first-order valence-electron chi connectivity index (χ1n) is 6.80. The Labute approximate surface area is 120 Å². The summed E-state index contributed by atoms with van der Waals surface area (Å²) in [5.41, 5.74) is 1.38. The molecule has 0 aliphatic carbocycles. The molecule has 0 bridgehead atoms. The van der Waals surface area contributed by atoms with E-state index in [2.05, 4.69) is 0 Å². The third-order valence-electron chi connectivity index (χ3n) is 2.78. The largest absolute Gasteiger partial charge is 0.444 e. The van der Waals surface area contributed by atoms with Gasteiger partial charge in [0, 0.05) is 19.2 Å². The molecule has 0 spiro atoms. The predicted octanol–water partition coefficient (Wildman–Crippen LogP) is 3.30. The van der Waals surface area contributed by atoms with E-state index in [1.807, 2.05) is 32.9 Å². The second kappa shape index (κ2) is 7.08. The van der Waals surface area contributed by atoms with Crippen LogP contribution in [0.5, 0.6) is 0 Å². The molecule has 0 N–H and O–H groups in total. The van der Waals surface area contributed by atoms with Gasteiger partial charge in [0.1, 0.15) is 11.9 Å². The van der Waals surface area contributed by atoms with E-state index in [-0.39, 0.29) is 6.09 Å². The molecule has 0 unspecified atom stereocenters. The molecule has 0 fully saturated rings. The summed E-state index contributed by atoms with van der Waals surface area (Å²) < 4.78 is 5.28. The molecule has 20 heavy (non-hydrogen) atoms. The van der Waals surface area contributed by atoms with Crippen LogP contribution in [0.3, 0.4) is 0 Å². The van der Waals surface area contributed by atoms with Crippen LogP contribution in [0.2, 0.25) is 0 Å². The first-order valence-corrected chi connectivity index (χ1v) is 6.80. The maximum Gasteiger partial charge on any atom is 0.410 e. The number of aldehydes is 1. The Morgan fingerprint density at radius 3 is 2.35 bits per heavy atom. The zero-order chi connectivity index (χ0) is 15.2. The Morgan fingerprint density at radius 2 is 1.85 bits per heavy atom. The van der Waals surface area contributed by atoms with E-state index in [4.69, 9.17) is 4.74 Å². The lowest BCUT2D eigenvalue weighted by molar-refractivity contribution is 0.0297. The highest BCUT2D eigenvalue weighted by atomic mass is 16.6. The molecule has 0 atom stereocenters. The van der Waals surface area contributed by atoms with Crippen LogP contribution < -0.4 is 0 Å². The van der Waals surface area contributed by atoms with E-state index < -0.39 is 5.60 Å². The van der Waals surface area contributed by atoms with Crippen LogP contribution in [0.15, 0.2) is 24.3 Å². The molecule has 0 radical (unpaired) electrons. The van der Waals surface area contributed by atoms with Gasteiger partial charge < -0.3 is 9.64 Å². The lowest BCUT2D eigenvalue weighted by Gasteiger charge is -2.24. The third kappa shape index (κ3) is 5.87. The third-order valence-corrected chi connectivity index (χ3v) is 2.78. The Bertz CT molecular complexity index is 446. The van der Waals surface area contributed by atoms with Crippen molar-refractivity contribution in [1.82, 2.24) is 4.90 Å². The second-order valence-corrected chi connectivity index (χ2v) is 5.86. The standard InChI is InChI=1S/C16H23NO3/c1-16(2,3)20-15(19)17(4)11-5-6-13-7-9-14(12-18)10-8-13/h7-10,12H,5-6,11H2,1-4H3. The van der Waals surface area contributed by atoms with Gasteiger partial charge in [0.05, 0.1) is 0 Å². The zero-order valence-electron chi connectivity index (χ0n) is 12.7. The average molecular weight is 277 g/mol. The SMILES string of the molecule is CN(CCCc1ccc(C=O)cc1)C(=O)OC(C)(C)C. The van der Waals surface area contributed by atoms with Gasteiger partial charge in [-0.3, -0.25) is 4.79 Å². The van der Waals surface area contributed by atoms with Gasteiger partial charge in [-0.2, -0.15) is 0 Å². The van der Waals surface area contributed by atoms with Crippen LogP contribution >= 0.6 is 0 Å². The summed E-state index contributed by atoms with van der Waals surface area (Å²) in [4.78, 5) is 23.9. The maximum atomic E-state index is 11.7. The molecule has 0 aromatic heterocycles. The van der Waals surface area contributed by atoms with Crippen molar-refractivity contribution in [3.8, 4) is 0 Å². The van der Waals surface area contributed by atoms with Crippen molar-refractivity contribution in [3.05, 3.63) is 35.4 Å². The first kappa shape index (κ1) is 16.2. The number of benzene rings is 1. The molecule has 0 saturated carbocycles. The minimum atomic E-state index is -0.462. The predicted molar refractivity (Wildman–Crippen MR) is 79.0 cm³/mol. The number of hydrogen-bond donors (Lipinski definition) is 0. The lowest BCUT2D eigenvalue weighted by atomic mass is 10.1. The van der Waals surface area contributed by atoms with Crippen molar-refractivity contribution in [2.45, 2.75) is 39.2 Å². The second-order valence-electron chi connectivity index (χ2n) is 5.86. The topological polar surface area (TPSA) is 46.6 Å². The number of nitrogens with zero attached hydrogens (tertiary/aromatic N) is 1. The zero-order valence-corrected chi connectivity index (χ0v) is 12.7. The van der Waals surface area contributed by atoms with E-state index in [0.29, 0.717) is 12.1 Å². The van der Waals surface area contributed by atoms with Crippen molar-refractivity contribution >= 4 is 12.4 Å². The Morgan fingerprint density at radius 1 is 1.25 bits per heavy atom. The molecule has 0 aliphatic heterocycles. The van der Waals surface area contributed by atoms with Gasteiger partial charge in [0.2, 0.25) is 0 Å². The van der Waals surface area contributed by atoms with Gasteiger partial charge >= 0.3 is 6.09 Å². The fraction of sp³-hybridized carbons (Fsp3) is 0.500. The summed E-state index contributed by atoms with van der Waals surface area (Å²) in [5, 5.41) is 0. The first-order chi connectivity index (χ1) is 9.31. The summed E-state index contributed by atoms with van der Waals surface area (Å²) in [7, 11) is 1.74. The summed E-state index contributed by atoms with van der Waals surface area (Å²) in [6.07, 6.45) is 2.26. The molecule has 1 aromatic carbocycles. The summed E-state index contributed by atoms with van der Waals surface area (Å²) in [6, 6.07) is 7.49. The number of carbonyl (C=O) groups excluding carboxylic acids is 2. The van der Waals surface area contributed by atoms with Crippen molar-refractivity contribution in [3.63, 3.8) is 0 Å². The van der Waals surface area contributed by atoms with Crippen molar-refractivity contribution < 1.29 is 14.3 Å². The lowest BCUT2D eigenvalue weighted by Crippen LogP contribution is -2.34. The van der Waals surface area contributed by atoms with Gasteiger partial charge in [-0.25, -0.2) is 4.79 Å². The van der Waals surface area contributed by atoms with Gasteiger partial charge in [-0.15, -0.1) is 0 Å². The molecule has 110 valence electrons. The fourth-order valence-electron chi connectivity index (χ4n) is 1.71. The average Bonchev–Trinajstić information content (AvgIpc) is 2.37. The highest BCUT2D eigenvalue weighted by Crippen LogP contribution is 2.10. The monoisotopic (exact) mass is 277 g/mol. The van der Waals surface area contributed by atoms with E-state index in [1.54, 1.807) is 24.1 Å². The molecule has 4 heteroatoms. The molecule has 0 aliphatic rings.